The van der Waals surface area contributed by atoms with E-state index in [0.717, 1.165) is 5.56 Å². The first-order chi connectivity index (χ1) is 9.52. The number of hydrogen-bond donors (Lipinski definition) is 1. The predicted octanol–water partition coefficient (Wildman–Crippen LogP) is 2.63. The molecule has 1 aromatic heterocycles. The minimum absolute atomic E-state index is 0.0364. The van der Waals surface area contributed by atoms with Gasteiger partial charge in [-0.15, -0.1) is 0 Å². The molecule has 0 bridgehead atoms. The number of ether oxygens (including phenoxy) is 1. The van der Waals surface area contributed by atoms with Crippen molar-refractivity contribution in [2.75, 3.05) is 5.73 Å². The van der Waals surface area contributed by atoms with Crippen LogP contribution in [0.2, 0.25) is 0 Å². The van der Waals surface area contributed by atoms with Crippen molar-refractivity contribution < 1.29 is 9.66 Å². The number of nitro groups is 1. The van der Waals surface area contributed by atoms with Gasteiger partial charge in [-0.1, -0.05) is 6.92 Å². The zero-order valence-corrected chi connectivity index (χ0v) is 11.2. The van der Waals surface area contributed by atoms with E-state index in [9.17, 15) is 10.1 Å². The van der Waals surface area contributed by atoms with E-state index in [2.05, 4.69) is 9.97 Å². The summed E-state index contributed by atoms with van der Waals surface area (Å²) in [5, 5.41) is 10.8. The monoisotopic (exact) mass is 274 g/mol. The normalized spacial score (nSPS) is 10.3. The highest BCUT2D eigenvalue weighted by Gasteiger charge is 2.14. The van der Waals surface area contributed by atoms with E-state index in [-0.39, 0.29) is 5.69 Å². The molecule has 0 spiro atoms. The Balaban J connectivity index is 2.42. The van der Waals surface area contributed by atoms with Crippen molar-refractivity contribution in [1.82, 2.24) is 9.97 Å². The summed E-state index contributed by atoms with van der Waals surface area (Å²) in [4.78, 5) is 18.3. The summed E-state index contributed by atoms with van der Waals surface area (Å²) in [5.41, 5.74) is 7.18. The van der Waals surface area contributed by atoms with E-state index in [1.165, 1.54) is 18.5 Å². The van der Waals surface area contributed by atoms with Crippen molar-refractivity contribution in [2.24, 2.45) is 0 Å². The number of non-ortho nitro benzene ring substituents is 1. The van der Waals surface area contributed by atoms with Crippen LogP contribution in [0.25, 0.3) is 0 Å². The molecule has 0 unspecified atom stereocenters. The molecule has 20 heavy (non-hydrogen) atoms. The van der Waals surface area contributed by atoms with E-state index in [1.807, 2.05) is 6.92 Å². The fourth-order valence-corrected chi connectivity index (χ4v) is 1.75. The second-order valence-corrected chi connectivity index (χ2v) is 4.21. The first-order valence-electron chi connectivity index (χ1n) is 6.05. The van der Waals surface area contributed by atoms with Crippen LogP contribution < -0.4 is 10.5 Å². The summed E-state index contributed by atoms with van der Waals surface area (Å²) in [5.74, 6) is 1.05. The average molecular weight is 274 g/mol. The van der Waals surface area contributed by atoms with Gasteiger partial charge in [0.1, 0.15) is 17.9 Å². The first kappa shape index (κ1) is 13.7. The maximum atomic E-state index is 10.8. The summed E-state index contributed by atoms with van der Waals surface area (Å²) in [6.07, 6.45) is 1.91. The molecule has 0 amide bonds. The van der Waals surface area contributed by atoms with Gasteiger partial charge in [-0.25, -0.2) is 9.97 Å². The highest BCUT2D eigenvalue weighted by molar-refractivity contribution is 5.49. The fourth-order valence-electron chi connectivity index (χ4n) is 1.75. The van der Waals surface area contributed by atoms with E-state index >= 15 is 0 Å². The van der Waals surface area contributed by atoms with E-state index in [1.54, 1.807) is 13.0 Å². The number of rotatable bonds is 4. The summed E-state index contributed by atoms with van der Waals surface area (Å²) >= 11 is 0. The van der Waals surface area contributed by atoms with Crippen LogP contribution in [0.15, 0.2) is 24.5 Å². The molecule has 0 saturated carbocycles. The number of nitrogens with zero attached hydrogens (tertiary/aromatic N) is 3. The Kier molecular flexibility index (Phi) is 3.79. The number of nitro benzene ring substituents is 1. The maximum absolute atomic E-state index is 10.8. The third-order valence-corrected chi connectivity index (χ3v) is 2.88. The van der Waals surface area contributed by atoms with Gasteiger partial charge in [0.2, 0.25) is 5.88 Å². The third kappa shape index (κ3) is 2.66. The molecule has 0 radical (unpaired) electrons. The lowest BCUT2D eigenvalue weighted by molar-refractivity contribution is -0.384. The lowest BCUT2D eigenvalue weighted by atomic mass is 10.2. The lowest BCUT2D eigenvalue weighted by Gasteiger charge is -2.11. The number of anilines is 1. The van der Waals surface area contributed by atoms with Crippen LogP contribution >= 0.6 is 0 Å². The largest absolute Gasteiger partial charge is 0.438 e. The molecule has 0 fully saturated rings. The molecule has 0 aliphatic rings. The van der Waals surface area contributed by atoms with Crippen molar-refractivity contribution in [3.63, 3.8) is 0 Å². The maximum Gasteiger partial charge on any atom is 0.273 e. The van der Waals surface area contributed by atoms with Crippen LogP contribution in [0.3, 0.4) is 0 Å². The number of hydrogen-bond acceptors (Lipinski definition) is 6. The zero-order chi connectivity index (χ0) is 14.7. The zero-order valence-electron chi connectivity index (χ0n) is 11.2. The number of nitrogens with two attached hydrogens (primary N) is 1. The Labute approximate surface area is 115 Å². The summed E-state index contributed by atoms with van der Waals surface area (Å²) < 4.78 is 5.67. The topological polar surface area (TPSA) is 104 Å². The molecule has 1 aromatic carbocycles. The van der Waals surface area contributed by atoms with Crippen molar-refractivity contribution in [3.8, 4) is 11.6 Å². The van der Waals surface area contributed by atoms with Gasteiger partial charge in [-0.2, -0.15) is 0 Å². The molecule has 0 saturated heterocycles. The fraction of sp³-hybridized carbons (Fsp3) is 0.231. The Morgan fingerprint density at radius 1 is 1.40 bits per heavy atom. The lowest BCUT2D eigenvalue weighted by Crippen LogP contribution is -2.02. The molecule has 0 aliphatic carbocycles. The van der Waals surface area contributed by atoms with Gasteiger partial charge in [0, 0.05) is 6.07 Å². The molecule has 104 valence electrons. The first-order valence-corrected chi connectivity index (χ1v) is 6.05. The average Bonchev–Trinajstić information content (AvgIpc) is 2.41. The Morgan fingerprint density at radius 3 is 2.80 bits per heavy atom. The molecule has 7 heteroatoms. The van der Waals surface area contributed by atoms with Crippen molar-refractivity contribution in [1.29, 1.82) is 0 Å². The van der Waals surface area contributed by atoms with Gasteiger partial charge in [0.05, 0.1) is 16.6 Å². The molecular weight excluding hydrogens is 260 g/mol. The van der Waals surface area contributed by atoms with Crippen LogP contribution in [0.4, 0.5) is 11.5 Å². The smallest absolute Gasteiger partial charge is 0.273 e. The minimum Gasteiger partial charge on any atom is -0.438 e. The van der Waals surface area contributed by atoms with Crippen LogP contribution in [-0.4, -0.2) is 14.9 Å². The number of nitrogen functional groups attached to an aromatic ring is 1. The highest BCUT2D eigenvalue weighted by atomic mass is 16.6. The Morgan fingerprint density at radius 2 is 2.15 bits per heavy atom. The molecule has 2 rings (SSSR count). The van der Waals surface area contributed by atoms with Gasteiger partial charge >= 0.3 is 0 Å². The molecule has 2 aromatic rings. The minimum atomic E-state index is -0.471. The molecule has 2 N–H and O–H groups in total. The van der Waals surface area contributed by atoms with E-state index in [4.69, 9.17) is 10.5 Å². The second-order valence-electron chi connectivity index (χ2n) is 4.21. The third-order valence-electron chi connectivity index (χ3n) is 2.88. The SMILES string of the molecule is CCc1c(N)ncnc1Oc1cc([N+](=O)[O-])ccc1C. The van der Waals surface area contributed by atoms with Crippen LogP contribution in [0.1, 0.15) is 18.1 Å². The highest BCUT2D eigenvalue weighted by Crippen LogP contribution is 2.30. The predicted molar refractivity (Wildman–Crippen MR) is 73.7 cm³/mol. The number of aryl methyl sites for hydroxylation is 1. The van der Waals surface area contributed by atoms with Crippen molar-refractivity contribution in [2.45, 2.75) is 20.3 Å². The van der Waals surface area contributed by atoms with E-state index < -0.39 is 4.92 Å². The van der Waals surface area contributed by atoms with Gasteiger partial charge in [-0.3, -0.25) is 10.1 Å². The summed E-state index contributed by atoms with van der Waals surface area (Å²) in [6.45, 7) is 3.71. The second kappa shape index (κ2) is 5.52. The number of aromatic nitrogens is 2. The summed E-state index contributed by atoms with van der Waals surface area (Å²) in [6, 6.07) is 4.42. The molecule has 0 aliphatic heterocycles. The van der Waals surface area contributed by atoms with Crippen LogP contribution in [-0.2, 0) is 6.42 Å². The number of benzene rings is 1. The van der Waals surface area contributed by atoms with Gasteiger partial charge in [0.15, 0.2) is 0 Å². The molecule has 1 heterocycles. The molecule has 0 atom stereocenters. The van der Waals surface area contributed by atoms with Gasteiger partial charge in [-0.05, 0) is 25.0 Å². The quantitative estimate of drug-likeness (QED) is 0.678. The molecular formula is C13H14N4O3. The molecule has 7 nitrogen and oxygen atoms in total. The van der Waals surface area contributed by atoms with Crippen LogP contribution in [0.5, 0.6) is 11.6 Å². The summed E-state index contributed by atoms with van der Waals surface area (Å²) in [7, 11) is 0. The standard InChI is InChI=1S/C13H14N4O3/c1-3-10-12(14)15-7-16-13(10)20-11-6-9(17(18)19)5-4-8(11)2/h4-7H,3H2,1-2H3,(H2,14,15,16). The van der Waals surface area contributed by atoms with Crippen molar-refractivity contribution >= 4 is 11.5 Å². The Hall–Kier alpha value is -2.70. The van der Waals surface area contributed by atoms with Gasteiger partial charge in [0.25, 0.3) is 5.69 Å². The van der Waals surface area contributed by atoms with E-state index in [0.29, 0.717) is 29.4 Å². The van der Waals surface area contributed by atoms with Crippen LogP contribution in [0, 0.1) is 17.0 Å². The van der Waals surface area contributed by atoms with Crippen molar-refractivity contribution in [3.05, 3.63) is 45.8 Å². The Bertz CT molecular complexity index is 658. The van der Waals surface area contributed by atoms with Gasteiger partial charge < -0.3 is 10.5 Å².